The molecule has 1 aliphatic rings. The Kier molecular flexibility index (Phi) is 3.05. The summed E-state index contributed by atoms with van der Waals surface area (Å²) in [5.74, 6) is 0.229. The molecule has 0 aromatic heterocycles. The molecule has 1 heterocycles. The zero-order valence-corrected chi connectivity index (χ0v) is 7.36. The molecular weight excluding hydrogens is 156 g/mol. The quantitative estimate of drug-likeness (QED) is 0.543. The number of amides is 1. The zero-order valence-electron chi connectivity index (χ0n) is 7.36. The maximum Gasteiger partial charge on any atom is 0.236 e. The molecule has 0 aromatic rings. The van der Waals surface area contributed by atoms with Gasteiger partial charge in [-0.15, -0.1) is 0 Å². The molecule has 1 saturated heterocycles. The summed E-state index contributed by atoms with van der Waals surface area (Å²) < 4.78 is 0. The van der Waals surface area contributed by atoms with Crippen LogP contribution in [0.15, 0.2) is 0 Å². The van der Waals surface area contributed by atoms with Gasteiger partial charge in [-0.1, -0.05) is 6.92 Å². The number of likely N-dealkylation sites (tertiary alicyclic amines) is 1. The number of piperidine rings is 1. The Labute approximate surface area is 72.3 Å². The highest BCUT2D eigenvalue weighted by molar-refractivity contribution is 5.78. The average Bonchev–Trinajstić information content (AvgIpc) is 2.08. The van der Waals surface area contributed by atoms with Gasteiger partial charge in [0, 0.05) is 13.1 Å². The number of aliphatic hydroxyl groups is 1. The summed E-state index contributed by atoms with van der Waals surface area (Å²) in [5, 5.41) is 9.46. The molecule has 0 aliphatic carbocycles. The molecule has 2 unspecified atom stereocenters. The van der Waals surface area contributed by atoms with Crippen LogP contribution in [0.3, 0.4) is 0 Å². The third kappa shape index (κ3) is 1.95. The van der Waals surface area contributed by atoms with E-state index in [2.05, 4.69) is 0 Å². The van der Waals surface area contributed by atoms with Crippen molar-refractivity contribution < 1.29 is 9.90 Å². The molecule has 4 nitrogen and oxygen atoms in total. The number of rotatable bonds is 1. The van der Waals surface area contributed by atoms with Gasteiger partial charge < -0.3 is 15.7 Å². The van der Waals surface area contributed by atoms with Crippen molar-refractivity contribution in [3.05, 3.63) is 0 Å². The molecule has 0 spiro atoms. The standard InChI is InChI=1S/C8H16N2O2/c1-6-2-3-10(5-7(6)11)8(12)4-9/h6-7,11H,2-5,9H2,1H3. The van der Waals surface area contributed by atoms with Gasteiger partial charge in [0.05, 0.1) is 12.6 Å². The van der Waals surface area contributed by atoms with Gasteiger partial charge in [0.2, 0.25) is 5.91 Å². The molecule has 1 amide bonds. The van der Waals surface area contributed by atoms with Gasteiger partial charge in [0.25, 0.3) is 0 Å². The highest BCUT2D eigenvalue weighted by Gasteiger charge is 2.26. The lowest BCUT2D eigenvalue weighted by molar-refractivity contribution is -0.133. The smallest absolute Gasteiger partial charge is 0.236 e. The maximum atomic E-state index is 11.1. The Balaban J connectivity index is 2.45. The largest absolute Gasteiger partial charge is 0.391 e. The Morgan fingerprint density at radius 3 is 2.92 bits per heavy atom. The van der Waals surface area contributed by atoms with E-state index in [1.807, 2.05) is 6.92 Å². The highest BCUT2D eigenvalue weighted by Crippen LogP contribution is 2.16. The van der Waals surface area contributed by atoms with E-state index < -0.39 is 0 Å². The maximum absolute atomic E-state index is 11.1. The number of aliphatic hydroxyl groups excluding tert-OH is 1. The number of β-amino-alcohol motifs (C(OH)–C–C–N with tert-alkyl or cyclic N) is 1. The minimum atomic E-state index is -0.380. The van der Waals surface area contributed by atoms with Crippen LogP contribution >= 0.6 is 0 Å². The molecule has 12 heavy (non-hydrogen) atoms. The number of hydrogen-bond acceptors (Lipinski definition) is 3. The summed E-state index contributed by atoms with van der Waals surface area (Å²) in [4.78, 5) is 12.7. The normalized spacial score (nSPS) is 30.4. The van der Waals surface area contributed by atoms with E-state index in [0.717, 1.165) is 13.0 Å². The number of nitrogens with two attached hydrogens (primary N) is 1. The van der Waals surface area contributed by atoms with Crippen LogP contribution in [0.2, 0.25) is 0 Å². The molecule has 0 radical (unpaired) electrons. The fourth-order valence-corrected chi connectivity index (χ4v) is 1.40. The number of nitrogens with zero attached hydrogens (tertiary/aromatic N) is 1. The second-order valence-electron chi connectivity index (χ2n) is 3.38. The van der Waals surface area contributed by atoms with Crippen molar-refractivity contribution >= 4 is 5.91 Å². The molecule has 2 atom stereocenters. The van der Waals surface area contributed by atoms with Crippen LogP contribution in [-0.2, 0) is 4.79 Å². The van der Waals surface area contributed by atoms with Gasteiger partial charge in [-0.2, -0.15) is 0 Å². The van der Waals surface area contributed by atoms with Crippen molar-refractivity contribution in [1.82, 2.24) is 4.90 Å². The van der Waals surface area contributed by atoms with Gasteiger partial charge in [-0.25, -0.2) is 0 Å². The van der Waals surface area contributed by atoms with E-state index >= 15 is 0 Å². The van der Waals surface area contributed by atoms with Gasteiger partial charge in [-0.3, -0.25) is 4.79 Å². The Hall–Kier alpha value is -0.610. The molecule has 4 heteroatoms. The Morgan fingerprint density at radius 2 is 2.42 bits per heavy atom. The Bertz CT molecular complexity index is 172. The lowest BCUT2D eigenvalue weighted by Crippen LogP contribution is -2.47. The average molecular weight is 172 g/mol. The summed E-state index contributed by atoms with van der Waals surface area (Å²) >= 11 is 0. The zero-order chi connectivity index (χ0) is 9.14. The van der Waals surface area contributed by atoms with Crippen LogP contribution in [0.25, 0.3) is 0 Å². The number of hydrogen-bond donors (Lipinski definition) is 2. The third-order valence-corrected chi connectivity index (χ3v) is 2.45. The number of carbonyl (C=O) groups is 1. The van der Waals surface area contributed by atoms with Crippen LogP contribution in [0.1, 0.15) is 13.3 Å². The van der Waals surface area contributed by atoms with Crippen LogP contribution in [0.4, 0.5) is 0 Å². The van der Waals surface area contributed by atoms with Crippen LogP contribution < -0.4 is 5.73 Å². The van der Waals surface area contributed by atoms with E-state index in [1.54, 1.807) is 4.90 Å². The van der Waals surface area contributed by atoms with Crippen molar-refractivity contribution in [2.45, 2.75) is 19.4 Å². The molecule has 0 bridgehead atoms. The summed E-state index contributed by atoms with van der Waals surface area (Å²) in [5.41, 5.74) is 5.21. The molecule has 3 N–H and O–H groups in total. The van der Waals surface area contributed by atoms with Gasteiger partial charge in [-0.05, 0) is 12.3 Å². The topological polar surface area (TPSA) is 66.6 Å². The predicted molar refractivity (Wildman–Crippen MR) is 45.4 cm³/mol. The van der Waals surface area contributed by atoms with Crippen LogP contribution in [0, 0.1) is 5.92 Å². The molecule has 1 aliphatic heterocycles. The first-order chi connectivity index (χ1) is 5.65. The lowest BCUT2D eigenvalue weighted by Gasteiger charge is -2.34. The molecule has 70 valence electrons. The first-order valence-electron chi connectivity index (χ1n) is 4.31. The van der Waals surface area contributed by atoms with Gasteiger partial charge in [0.1, 0.15) is 0 Å². The fourth-order valence-electron chi connectivity index (χ4n) is 1.40. The first kappa shape index (κ1) is 9.48. The summed E-state index contributed by atoms with van der Waals surface area (Å²) in [6.45, 7) is 3.21. The minimum Gasteiger partial charge on any atom is -0.391 e. The molecular formula is C8H16N2O2. The van der Waals surface area contributed by atoms with E-state index in [9.17, 15) is 9.90 Å². The second-order valence-corrected chi connectivity index (χ2v) is 3.38. The van der Waals surface area contributed by atoms with Gasteiger partial charge >= 0.3 is 0 Å². The second kappa shape index (κ2) is 3.87. The summed E-state index contributed by atoms with van der Waals surface area (Å²) in [6.07, 6.45) is 0.488. The molecule has 0 saturated carbocycles. The fraction of sp³-hybridized carbons (Fsp3) is 0.875. The molecule has 1 rings (SSSR count). The van der Waals surface area contributed by atoms with Crippen LogP contribution in [0.5, 0.6) is 0 Å². The van der Waals surface area contributed by atoms with Crippen molar-refractivity contribution in [3.8, 4) is 0 Å². The predicted octanol–water partition coefficient (Wildman–Crippen LogP) is -0.826. The van der Waals surface area contributed by atoms with Crippen molar-refractivity contribution in [2.24, 2.45) is 11.7 Å². The van der Waals surface area contributed by atoms with Gasteiger partial charge in [0.15, 0.2) is 0 Å². The van der Waals surface area contributed by atoms with E-state index in [1.165, 1.54) is 0 Å². The minimum absolute atomic E-state index is 0.0428. The summed E-state index contributed by atoms with van der Waals surface area (Å²) in [7, 11) is 0. The third-order valence-electron chi connectivity index (χ3n) is 2.45. The van der Waals surface area contributed by atoms with E-state index in [4.69, 9.17) is 5.73 Å². The lowest BCUT2D eigenvalue weighted by atomic mass is 9.96. The molecule has 0 aromatic carbocycles. The van der Waals surface area contributed by atoms with Crippen molar-refractivity contribution in [3.63, 3.8) is 0 Å². The Morgan fingerprint density at radius 1 is 1.75 bits per heavy atom. The van der Waals surface area contributed by atoms with Crippen molar-refractivity contribution in [2.75, 3.05) is 19.6 Å². The monoisotopic (exact) mass is 172 g/mol. The molecule has 1 fully saturated rings. The SMILES string of the molecule is CC1CCN(C(=O)CN)CC1O. The van der Waals surface area contributed by atoms with E-state index in [-0.39, 0.29) is 18.6 Å². The highest BCUT2D eigenvalue weighted by atomic mass is 16.3. The first-order valence-corrected chi connectivity index (χ1v) is 4.31. The van der Waals surface area contributed by atoms with E-state index in [0.29, 0.717) is 12.5 Å². The van der Waals surface area contributed by atoms with Crippen LogP contribution in [-0.4, -0.2) is 41.7 Å². The van der Waals surface area contributed by atoms with Crippen molar-refractivity contribution in [1.29, 1.82) is 0 Å². The number of carbonyl (C=O) groups excluding carboxylic acids is 1. The summed E-state index contributed by atoms with van der Waals surface area (Å²) in [6, 6.07) is 0.